The summed E-state index contributed by atoms with van der Waals surface area (Å²) in [7, 11) is 0. The van der Waals surface area contributed by atoms with Crippen LogP contribution in [0.1, 0.15) is 13.8 Å². The predicted octanol–water partition coefficient (Wildman–Crippen LogP) is 1.25. The Labute approximate surface area is 90.0 Å². The van der Waals surface area contributed by atoms with Gasteiger partial charge in [-0.05, 0) is 23.8 Å². The standard InChI is InChI=1S/C12H16N2O/c1-9(2)12(15)14-8-10-4-3-5-11(13)7-6-10/h3-4,6-7,9H,8,13H2,1-2H3,(H,14,15). The van der Waals surface area contributed by atoms with Crippen molar-refractivity contribution >= 4 is 5.91 Å². The van der Waals surface area contributed by atoms with Gasteiger partial charge >= 0.3 is 0 Å². The molecule has 0 radical (unpaired) electrons. The molecule has 0 fully saturated rings. The lowest BCUT2D eigenvalue weighted by Gasteiger charge is -2.07. The number of hydrogen-bond donors (Lipinski definition) is 2. The van der Waals surface area contributed by atoms with Crippen molar-refractivity contribution in [2.45, 2.75) is 13.8 Å². The van der Waals surface area contributed by atoms with Crippen LogP contribution >= 0.6 is 0 Å². The van der Waals surface area contributed by atoms with Crippen LogP contribution in [-0.4, -0.2) is 12.5 Å². The maximum Gasteiger partial charge on any atom is 0.222 e. The molecule has 3 N–H and O–H groups in total. The molecular weight excluding hydrogens is 188 g/mol. The minimum Gasteiger partial charge on any atom is -0.392 e. The van der Waals surface area contributed by atoms with Gasteiger partial charge in [0.1, 0.15) is 0 Å². The monoisotopic (exact) mass is 204 g/mol. The molecular formula is C12H16N2O. The van der Waals surface area contributed by atoms with E-state index in [4.69, 9.17) is 5.73 Å². The Bertz CT molecular complexity index is 369. The van der Waals surface area contributed by atoms with Gasteiger partial charge in [-0.15, -0.1) is 0 Å². The van der Waals surface area contributed by atoms with Crippen LogP contribution in [0.5, 0.6) is 0 Å². The first-order valence-corrected chi connectivity index (χ1v) is 4.96. The van der Waals surface area contributed by atoms with E-state index in [0.29, 0.717) is 12.2 Å². The predicted molar refractivity (Wildman–Crippen MR) is 60.9 cm³/mol. The van der Waals surface area contributed by atoms with Crippen molar-refractivity contribution in [3.05, 3.63) is 41.3 Å². The number of carbonyl (C=O) groups is 1. The Morgan fingerprint density at radius 1 is 1.53 bits per heavy atom. The second kappa shape index (κ2) is 5.23. The summed E-state index contributed by atoms with van der Waals surface area (Å²) in [4.78, 5) is 11.3. The molecule has 1 aliphatic rings. The van der Waals surface area contributed by atoms with Crippen molar-refractivity contribution in [1.29, 1.82) is 0 Å². The third kappa shape index (κ3) is 3.88. The molecule has 80 valence electrons. The van der Waals surface area contributed by atoms with E-state index in [9.17, 15) is 4.79 Å². The van der Waals surface area contributed by atoms with Gasteiger partial charge in [0.25, 0.3) is 0 Å². The summed E-state index contributed by atoms with van der Waals surface area (Å²) in [5.74, 6) is 0.0672. The van der Waals surface area contributed by atoms with E-state index >= 15 is 0 Å². The summed E-state index contributed by atoms with van der Waals surface area (Å²) in [5.41, 5.74) is 10.1. The van der Waals surface area contributed by atoms with Gasteiger partial charge in [0.2, 0.25) is 5.91 Å². The molecule has 0 heterocycles. The summed E-state index contributed by atoms with van der Waals surface area (Å²) in [6.07, 6.45) is 7.30. The molecule has 0 saturated heterocycles. The van der Waals surface area contributed by atoms with Gasteiger partial charge in [-0.2, -0.15) is 0 Å². The fourth-order valence-corrected chi connectivity index (χ4v) is 1.06. The summed E-state index contributed by atoms with van der Waals surface area (Å²) in [6.45, 7) is 4.26. The highest BCUT2D eigenvalue weighted by atomic mass is 16.1. The van der Waals surface area contributed by atoms with E-state index in [1.807, 2.05) is 26.0 Å². The van der Waals surface area contributed by atoms with Crippen LogP contribution in [0.3, 0.4) is 0 Å². The normalized spacial score (nSPS) is 14.6. The summed E-state index contributed by atoms with van der Waals surface area (Å²) in [6, 6.07) is 0. The molecule has 0 bridgehead atoms. The summed E-state index contributed by atoms with van der Waals surface area (Å²) in [5, 5.41) is 2.84. The zero-order valence-corrected chi connectivity index (χ0v) is 9.08. The van der Waals surface area contributed by atoms with Crippen molar-refractivity contribution in [2.75, 3.05) is 6.54 Å². The molecule has 0 unspecified atom stereocenters. The van der Waals surface area contributed by atoms with Gasteiger partial charge in [-0.3, -0.25) is 4.79 Å². The third-order valence-corrected chi connectivity index (χ3v) is 2.02. The van der Waals surface area contributed by atoms with E-state index in [0.717, 1.165) is 5.57 Å². The first kappa shape index (κ1) is 11.3. The topological polar surface area (TPSA) is 55.1 Å². The maximum absolute atomic E-state index is 11.3. The van der Waals surface area contributed by atoms with Crippen LogP contribution in [-0.2, 0) is 4.79 Å². The van der Waals surface area contributed by atoms with E-state index in [1.165, 1.54) is 0 Å². The van der Waals surface area contributed by atoms with Gasteiger partial charge in [0.05, 0.1) is 5.70 Å². The minimum atomic E-state index is 0.0131. The van der Waals surface area contributed by atoms with Gasteiger partial charge in [-0.25, -0.2) is 0 Å². The highest BCUT2D eigenvalue weighted by molar-refractivity contribution is 5.78. The summed E-state index contributed by atoms with van der Waals surface area (Å²) >= 11 is 0. The lowest BCUT2D eigenvalue weighted by atomic mass is 10.2. The molecule has 3 heteroatoms. The zero-order chi connectivity index (χ0) is 11.3. The SMILES string of the molecule is CC(C)C(=O)NCC1=CC=C=C(N)C=C1. The maximum atomic E-state index is 11.3. The van der Waals surface area contributed by atoms with E-state index in [1.54, 1.807) is 12.2 Å². The molecule has 0 atom stereocenters. The smallest absolute Gasteiger partial charge is 0.222 e. The van der Waals surface area contributed by atoms with Gasteiger partial charge in [0, 0.05) is 12.5 Å². The second-order valence-electron chi connectivity index (χ2n) is 3.71. The number of nitrogens with one attached hydrogen (secondary N) is 1. The Morgan fingerprint density at radius 3 is 2.93 bits per heavy atom. The van der Waals surface area contributed by atoms with Gasteiger partial charge < -0.3 is 11.1 Å². The van der Waals surface area contributed by atoms with Gasteiger partial charge in [-0.1, -0.05) is 25.7 Å². The molecule has 3 nitrogen and oxygen atoms in total. The Kier molecular flexibility index (Phi) is 3.95. The van der Waals surface area contributed by atoms with Crippen molar-refractivity contribution < 1.29 is 4.79 Å². The van der Waals surface area contributed by atoms with Crippen molar-refractivity contribution in [3.8, 4) is 0 Å². The average Bonchev–Trinajstić information content (AvgIpc) is 2.39. The van der Waals surface area contributed by atoms with E-state index < -0.39 is 0 Å². The molecule has 0 aromatic heterocycles. The van der Waals surface area contributed by atoms with Crippen LogP contribution in [0.4, 0.5) is 0 Å². The average molecular weight is 204 g/mol. The van der Waals surface area contributed by atoms with Crippen molar-refractivity contribution in [1.82, 2.24) is 5.32 Å². The summed E-state index contributed by atoms with van der Waals surface area (Å²) < 4.78 is 0. The fourth-order valence-electron chi connectivity index (χ4n) is 1.06. The molecule has 0 aromatic rings. The quantitative estimate of drug-likeness (QED) is 0.680. The highest BCUT2D eigenvalue weighted by Crippen LogP contribution is 2.02. The minimum absolute atomic E-state index is 0.0131. The Balaban J connectivity index is 2.49. The molecule has 0 spiro atoms. The van der Waals surface area contributed by atoms with Crippen LogP contribution in [0, 0.1) is 5.92 Å². The fraction of sp³-hybridized carbons (Fsp3) is 0.333. The molecule has 1 rings (SSSR count). The van der Waals surface area contributed by atoms with Crippen molar-refractivity contribution in [2.24, 2.45) is 11.7 Å². The van der Waals surface area contributed by atoms with Crippen molar-refractivity contribution in [3.63, 3.8) is 0 Å². The second-order valence-corrected chi connectivity index (χ2v) is 3.71. The number of allylic oxidation sites excluding steroid dienone is 2. The Morgan fingerprint density at radius 2 is 2.27 bits per heavy atom. The number of rotatable bonds is 3. The number of hydrogen-bond acceptors (Lipinski definition) is 2. The van der Waals surface area contributed by atoms with E-state index in [-0.39, 0.29) is 11.8 Å². The van der Waals surface area contributed by atoms with E-state index in [2.05, 4.69) is 11.0 Å². The largest absolute Gasteiger partial charge is 0.392 e. The Hall–Kier alpha value is -1.73. The number of nitrogens with two attached hydrogens (primary N) is 1. The van der Waals surface area contributed by atoms with Crippen LogP contribution in [0.25, 0.3) is 0 Å². The molecule has 1 amide bonds. The van der Waals surface area contributed by atoms with Crippen LogP contribution in [0.15, 0.2) is 41.3 Å². The lowest BCUT2D eigenvalue weighted by Crippen LogP contribution is -2.29. The number of amides is 1. The molecule has 0 saturated carbocycles. The molecule has 1 aliphatic carbocycles. The van der Waals surface area contributed by atoms with Crippen LogP contribution in [0.2, 0.25) is 0 Å². The third-order valence-electron chi connectivity index (χ3n) is 2.02. The first-order chi connectivity index (χ1) is 7.09. The van der Waals surface area contributed by atoms with Gasteiger partial charge in [0.15, 0.2) is 0 Å². The number of carbonyl (C=O) groups excluding carboxylic acids is 1. The molecule has 15 heavy (non-hydrogen) atoms. The first-order valence-electron chi connectivity index (χ1n) is 4.96. The zero-order valence-electron chi connectivity index (χ0n) is 9.08. The lowest BCUT2D eigenvalue weighted by molar-refractivity contribution is -0.123. The van der Waals surface area contributed by atoms with Crippen LogP contribution < -0.4 is 11.1 Å². The molecule has 0 aromatic carbocycles. The molecule has 0 aliphatic heterocycles. The highest BCUT2D eigenvalue weighted by Gasteiger charge is 2.05.